The molecule has 27 heavy (non-hydrogen) atoms. The molecule has 3 heteroatoms. The SMILES string of the molecule is CC(C)(c1ccccc1)c1ccc(OCC(O)COc2ccccc2)cc1. The highest BCUT2D eigenvalue weighted by atomic mass is 16.5. The van der Waals surface area contributed by atoms with Gasteiger partial charge in [-0.1, -0.05) is 74.5 Å². The molecule has 3 aromatic carbocycles. The predicted molar refractivity (Wildman–Crippen MR) is 108 cm³/mol. The molecule has 0 aliphatic rings. The van der Waals surface area contributed by atoms with Gasteiger partial charge >= 0.3 is 0 Å². The largest absolute Gasteiger partial charge is 0.491 e. The molecule has 1 N–H and O–H groups in total. The zero-order valence-electron chi connectivity index (χ0n) is 15.8. The van der Waals surface area contributed by atoms with Gasteiger partial charge in [0.05, 0.1) is 0 Å². The number of rotatable bonds is 8. The second-order valence-corrected chi connectivity index (χ2v) is 7.10. The Bertz CT molecular complexity index is 811. The second kappa shape index (κ2) is 8.74. The summed E-state index contributed by atoms with van der Waals surface area (Å²) in [6.45, 7) is 4.81. The first-order chi connectivity index (χ1) is 13.1. The highest BCUT2D eigenvalue weighted by Gasteiger charge is 2.22. The van der Waals surface area contributed by atoms with Crippen molar-refractivity contribution in [2.24, 2.45) is 0 Å². The Balaban J connectivity index is 1.53. The molecule has 0 saturated heterocycles. The number of aliphatic hydroxyl groups is 1. The summed E-state index contributed by atoms with van der Waals surface area (Å²) >= 11 is 0. The maximum absolute atomic E-state index is 10.1. The number of hydrogen-bond donors (Lipinski definition) is 1. The van der Waals surface area contributed by atoms with Crippen molar-refractivity contribution in [3.8, 4) is 11.5 Å². The lowest BCUT2D eigenvalue weighted by Crippen LogP contribution is -2.25. The Kier molecular flexibility index (Phi) is 6.15. The van der Waals surface area contributed by atoms with Gasteiger partial charge in [0.1, 0.15) is 30.8 Å². The van der Waals surface area contributed by atoms with Crippen LogP contribution in [0.15, 0.2) is 84.9 Å². The fourth-order valence-corrected chi connectivity index (χ4v) is 2.94. The fourth-order valence-electron chi connectivity index (χ4n) is 2.94. The van der Waals surface area contributed by atoms with Gasteiger partial charge in [-0.15, -0.1) is 0 Å². The van der Waals surface area contributed by atoms with Crippen LogP contribution < -0.4 is 9.47 Å². The van der Waals surface area contributed by atoms with Crippen LogP contribution in [0.4, 0.5) is 0 Å². The van der Waals surface area contributed by atoms with Gasteiger partial charge in [-0.3, -0.25) is 0 Å². The number of para-hydroxylation sites is 1. The van der Waals surface area contributed by atoms with E-state index in [1.165, 1.54) is 11.1 Å². The van der Waals surface area contributed by atoms with E-state index in [0.717, 1.165) is 11.5 Å². The Labute approximate surface area is 161 Å². The minimum absolute atomic E-state index is 0.0805. The summed E-state index contributed by atoms with van der Waals surface area (Å²) < 4.78 is 11.2. The van der Waals surface area contributed by atoms with Crippen molar-refractivity contribution >= 4 is 0 Å². The maximum Gasteiger partial charge on any atom is 0.122 e. The van der Waals surface area contributed by atoms with E-state index in [4.69, 9.17) is 9.47 Å². The summed E-state index contributed by atoms with van der Waals surface area (Å²) in [5.41, 5.74) is 2.41. The zero-order chi connectivity index (χ0) is 19.1. The summed E-state index contributed by atoms with van der Waals surface area (Å²) in [7, 11) is 0. The van der Waals surface area contributed by atoms with Crippen molar-refractivity contribution in [3.63, 3.8) is 0 Å². The van der Waals surface area contributed by atoms with E-state index >= 15 is 0 Å². The third kappa shape index (κ3) is 5.11. The summed E-state index contributed by atoms with van der Waals surface area (Å²) in [5.74, 6) is 1.48. The Morgan fingerprint density at radius 1 is 0.667 bits per heavy atom. The molecule has 0 bridgehead atoms. The normalized spacial score (nSPS) is 12.4. The van der Waals surface area contributed by atoms with Gasteiger partial charge in [-0.25, -0.2) is 0 Å². The van der Waals surface area contributed by atoms with Crippen LogP contribution in [0.25, 0.3) is 0 Å². The molecule has 1 unspecified atom stereocenters. The molecule has 140 valence electrons. The second-order valence-electron chi connectivity index (χ2n) is 7.10. The monoisotopic (exact) mass is 362 g/mol. The molecule has 0 amide bonds. The van der Waals surface area contributed by atoms with Crippen LogP contribution in [0, 0.1) is 0 Å². The van der Waals surface area contributed by atoms with Crippen molar-refractivity contribution in [3.05, 3.63) is 96.1 Å². The Morgan fingerprint density at radius 3 is 1.67 bits per heavy atom. The topological polar surface area (TPSA) is 38.7 Å². The summed E-state index contributed by atoms with van der Waals surface area (Å²) in [6.07, 6.45) is -0.689. The van der Waals surface area contributed by atoms with E-state index in [1.807, 2.05) is 48.5 Å². The third-order valence-corrected chi connectivity index (χ3v) is 4.70. The van der Waals surface area contributed by atoms with Crippen molar-refractivity contribution in [1.29, 1.82) is 0 Å². The summed E-state index contributed by atoms with van der Waals surface area (Å²) in [5, 5.41) is 10.1. The third-order valence-electron chi connectivity index (χ3n) is 4.70. The van der Waals surface area contributed by atoms with Gasteiger partial charge in [-0.2, -0.15) is 0 Å². The fraction of sp³-hybridized carbons (Fsp3) is 0.250. The Hall–Kier alpha value is -2.78. The van der Waals surface area contributed by atoms with E-state index < -0.39 is 6.10 Å². The molecule has 0 aliphatic heterocycles. The van der Waals surface area contributed by atoms with E-state index in [-0.39, 0.29) is 18.6 Å². The Morgan fingerprint density at radius 2 is 1.11 bits per heavy atom. The lowest BCUT2D eigenvalue weighted by molar-refractivity contribution is 0.0626. The molecule has 0 aromatic heterocycles. The zero-order valence-corrected chi connectivity index (χ0v) is 15.8. The minimum atomic E-state index is -0.689. The van der Waals surface area contributed by atoms with Crippen molar-refractivity contribution in [2.75, 3.05) is 13.2 Å². The van der Waals surface area contributed by atoms with Crippen molar-refractivity contribution in [2.45, 2.75) is 25.4 Å². The average Bonchev–Trinajstić information content (AvgIpc) is 2.72. The molecular weight excluding hydrogens is 336 g/mol. The van der Waals surface area contributed by atoms with Gasteiger partial charge in [0.2, 0.25) is 0 Å². The van der Waals surface area contributed by atoms with Gasteiger partial charge in [0.25, 0.3) is 0 Å². The quantitative estimate of drug-likeness (QED) is 0.624. The van der Waals surface area contributed by atoms with E-state index in [0.29, 0.717) is 0 Å². The summed E-state index contributed by atoms with van der Waals surface area (Å²) in [4.78, 5) is 0. The predicted octanol–water partition coefficient (Wildman–Crippen LogP) is 4.83. The molecule has 3 rings (SSSR count). The molecule has 0 spiro atoms. The molecule has 0 heterocycles. The number of ether oxygens (including phenoxy) is 2. The van der Waals surface area contributed by atoms with Gasteiger partial charge in [-0.05, 0) is 35.4 Å². The molecule has 3 nitrogen and oxygen atoms in total. The van der Waals surface area contributed by atoms with Crippen LogP contribution in [0.2, 0.25) is 0 Å². The van der Waals surface area contributed by atoms with Crippen molar-refractivity contribution < 1.29 is 14.6 Å². The molecule has 0 saturated carbocycles. The highest BCUT2D eigenvalue weighted by Crippen LogP contribution is 2.32. The van der Waals surface area contributed by atoms with Crippen LogP contribution in [0.1, 0.15) is 25.0 Å². The van der Waals surface area contributed by atoms with Crippen LogP contribution in [0.3, 0.4) is 0 Å². The van der Waals surface area contributed by atoms with Crippen LogP contribution in [-0.4, -0.2) is 24.4 Å². The molecule has 0 radical (unpaired) electrons. The standard InChI is InChI=1S/C24H26O3/c1-24(2,19-9-5-3-6-10-19)20-13-15-23(16-14-20)27-18-21(25)17-26-22-11-7-4-8-12-22/h3-16,21,25H,17-18H2,1-2H3. The molecule has 1 atom stereocenters. The van der Waals surface area contributed by atoms with Crippen LogP contribution >= 0.6 is 0 Å². The first-order valence-corrected chi connectivity index (χ1v) is 9.20. The smallest absolute Gasteiger partial charge is 0.122 e. The average molecular weight is 362 g/mol. The highest BCUT2D eigenvalue weighted by molar-refractivity contribution is 5.39. The molecule has 3 aromatic rings. The maximum atomic E-state index is 10.1. The lowest BCUT2D eigenvalue weighted by Gasteiger charge is -2.26. The van der Waals surface area contributed by atoms with Gasteiger partial charge in [0.15, 0.2) is 0 Å². The molecule has 0 fully saturated rings. The number of benzene rings is 3. The van der Waals surface area contributed by atoms with E-state index in [9.17, 15) is 5.11 Å². The van der Waals surface area contributed by atoms with Gasteiger partial charge < -0.3 is 14.6 Å². The molecular formula is C24H26O3. The van der Waals surface area contributed by atoms with Crippen molar-refractivity contribution in [1.82, 2.24) is 0 Å². The first-order valence-electron chi connectivity index (χ1n) is 9.20. The first kappa shape index (κ1) is 19.0. The lowest BCUT2D eigenvalue weighted by atomic mass is 9.78. The molecule has 0 aliphatic carbocycles. The van der Waals surface area contributed by atoms with E-state index in [2.05, 4.69) is 50.2 Å². The van der Waals surface area contributed by atoms with E-state index in [1.54, 1.807) is 0 Å². The van der Waals surface area contributed by atoms with Gasteiger partial charge in [0, 0.05) is 5.41 Å². The van der Waals surface area contributed by atoms with Crippen LogP contribution in [0.5, 0.6) is 11.5 Å². The van der Waals surface area contributed by atoms with Crippen LogP contribution in [-0.2, 0) is 5.41 Å². The summed E-state index contributed by atoms with van der Waals surface area (Å²) in [6, 6.07) is 28.0. The number of aliphatic hydroxyl groups excluding tert-OH is 1. The number of hydrogen-bond acceptors (Lipinski definition) is 3. The minimum Gasteiger partial charge on any atom is -0.491 e.